The lowest BCUT2D eigenvalue weighted by molar-refractivity contribution is -0.141. The van der Waals surface area contributed by atoms with Crippen molar-refractivity contribution in [1.29, 1.82) is 0 Å². The Morgan fingerprint density at radius 2 is 0.892 bits per heavy atom. The average molecular weight is 1230 g/mol. The molecule has 1 aliphatic heterocycles. The number of carboxylic acid groups (broad SMARTS) is 6. The number of rotatable bonds is 37. The third kappa shape index (κ3) is 31.7. The summed E-state index contributed by atoms with van der Waals surface area (Å²) in [4.78, 5) is 142. The van der Waals surface area contributed by atoms with Gasteiger partial charge in [-0.3, -0.25) is 58.0 Å². The molecule has 2 atom stereocenters. The fourth-order valence-electron chi connectivity index (χ4n) is 8.85. The highest BCUT2D eigenvalue weighted by molar-refractivity contribution is 9.10. The lowest BCUT2D eigenvalue weighted by Gasteiger charge is -2.32. The van der Waals surface area contributed by atoms with E-state index in [2.05, 4.69) is 42.5 Å². The molecule has 11 N–H and O–H groups in total. The molecule has 0 bridgehead atoms. The zero-order valence-corrected chi connectivity index (χ0v) is 48.4. The molecule has 1 aliphatic rings. The molecule has 6 amide bonds. The summed E-state index contributed by atoms with van der Waals surface area (Å²) in [5, 5.41) is 69.2. The van der Waals surface area contributed by atoms with Crippen molar-refractivity contribution in [1.82, 2.24) is 51.1 Å². The van der Waals surface area contributed by atoms with Gasteiger partial charge in [-0.15, -0.1) is 0 Å². The predicted octanol–water partition coefficient (Wildman–Crippen LogP) is 1.78. The third-order valence-electron chi connectivity index (χ3n) is 13.5. The Labute approximate surface area is 490 Å². The monoisotopic (exact) mass is 1230 g/mol. The minimum atomic E-state index is -1.54. The van der Waals surface area contributed by atoms with Crippen LogP contribution in [0.3, 0.4) is 0 Å². The van der Waals surface area contributed by atoms with Crippen LogP contribution < -0.4 is 26.6 Å². The first-order chi connectivity index (χ1) is 39.6. The molecular weight excluding hydrogens is 1150 g/mol. The van der Waals surface area contributed by atoms with Gasteiger partial charge >= 0.3 is 41.8 Å². The normalized spacial score (nSPS) is 14.6. The Morgan fingerprint density at radius 3 is 1.39 bits per heavy atom. The molecule has 0 unspecified atom stereocenters. The van der Waals surface area contributed by atoms with Crippen LogP contribution in [0.15, 0.2) is 53.0 Å². The molecule has 0 aliphatic carbocycles. The van der Waals surface area contributed by atoms with E-state index in [-0.39, 0.29) is 115 Å². The largest absolute Gasteiger partial charge is 0.481 e. The fourth-order valence-corrected chi connectivity index (χ4v) is 9.12. The number of nitrogens with zero attached hydrogens (tertiary/aromatic N) is 5. The van der Waals surface area contributed by atoms with Gasteiger partial charge in [0.1, 0.15) is 12.1 Å². The molecule has 27 nitrogen and oxygen atoms in total. The molecule has 3 rings (SSSR count). The molecule has 28 heteroatoms. The van der Waals surface area contributed by atoms with Gasteiger partial charge in [0.05, 0.1) is 26.2 Å². The summed E-state index contributed by atoms with van der Waals surface area (Å²) in [6, 6.07) is 10.2. The summed E-state index contributed by atoms with van der Waals surface area (Å²) in [6.45, 7) is 3.18. The standard InChI is InChI=1S/C55H81BrN10O17/c56-42-18-14-40(15-19-42)34-66(24-8-5-9-43(53(79)80)60-55(83)61-44(54(81)82)20-21-48(70)71)52(78)41-16-12-39(13-17-41)33-59-46(68)11-4-7-23-57-45(67)10-3-1-2-6-22-58-47(69)35-62-25-27-63(36-49(72)73)29-31-65(38-51(76)77)32-30-64(28-26-62)37-50(74)75/h12-19,43-44H,1-11,20-38H2,(H,57,67)(H,58,69)(H,59,68)(H,70,71)(H,72,73)(H,74,75)(H,76,77)(H,79,80)(H,81,82)(H2,60,61,83)/t43-,44-/m1/s1. The van der Waals surface area contributed by atoms with Crippen molar-refractivity contribution in [3.63, 3.8) is 0 Å². The molecule has 1 heterocycles. The molecule has 460 valence electrons. The molecule has 83 heavy (non-hydrogen) atoms. The van der Waals surface area contributed by atoms with Gasteiger partial charge in [-0.1, -0.05) is 53.0 Å². The maximum atomic E-state index is 13.8. The van der Waals surface area contributed by atoms with E-state index in [4.69, 9.17) is 5.11 Å². The number of carbonyl (C=O) groups excluding carboxylic acids is 5. The Hall–Kier alpha value is -7.27. The highest BCUT2D eigenvalue weighted by Crippen LogP contribution is 2.17. The van der Waals surface area contributed by atoms with Crippen molar-refractivity contribution >= 4 is 81.4 Å². The van der Waals surface area contributed by atoms with Crippen LogP contribution in [-0.2, 0) is 56.2 Å². The van der Waals surface area contributed by atoms with Gasteiger partial charge in [-0.05, 0) is 86.8 Å². The number of carboxylic acids is 6. The van der Waals surface area contributed by atoms with Crippen LogP contribution in [0.25, 0.3) is 0 Å². The smallest absolute Gasteiger partial charge is 0.326 e. The second-order valence-corrected chi connectivity index (χ2v) is 21.2. The van der Waals surface area contributed by atoms with Gasteiger partial charge in [-0.2, -0.15) is 0 Å². The van der Waals surface area contributed by atoms with E-state index in [1.807, 2.05) is 29.2 Å². The summed E-state index contributed by atoms with van der Waals surface area (Å²) in [6.07, 6.45) is 4.28. The molecule has 2 aromatic carbocycles. The van der Waals surface area contributed by atoms with Crippen LogP contribution in [0.2, 0.25) is 0 Å². The van der Waals surface area contributed by atoms with E-state index in [1.54, 1.807) is 43.9 Å². The number of unbranched alkanes of at least 4 members (excludes halogenated alkanes) is 5. The van der Waals surface area contributed by atoms with Crippen LogP contribution in [0.4, 0.5) is 4.79 Å². The van der Waals surface area contributed by atoms with Crippen molar-refractivity contribution in [3.8, 4) is 0 Å². The number of aliphatic carboxylic acids is 6. The predicted molar refractivity (Wildman–Crippen MR) is 304 cm³/mol. The Balaban J connectivity index is 1.34. The van der Waals surface area contributed by atoms with E-state index in [0.717, 1.165) is 28.4 Å². The second-order valence-electron chi connectivity index (χ2n) is 20.3. The number of amides is 6. The van der Waals surface area contributed by atoms with Crippen LogP contribution >= 0.6 is 15.9 Å². The first-order valence-corrected chi connectivity index (χ1v) is 28.6. The number of carbonyl (C=O) groups is 11. The first-order valence-electron chi connectivity index (χ1n) is 27.8. The van der Waals surface area contributed by atoms with E-state index in [0.29, 0.717) is 83.4 Å². The summed E-state index contributed by atoms with van der Waals surface area (Å²) in [7, 11) is 0. The SMILES string of the molecule is O=C(O)CC[C@@H](NC(=O)N[C@H](CCCCN(Cc1ccc(Br)cc1)C(=O)c1ccc(CNC(=O)CCCCNC(=O)CCCCCCNC(=O)CN2CCN(CC(=O)O)CCN(CC(=O)O)CCN(CC(=O)O)CC2)cc1)C(=O)O)C(=O)O. The van der Waals surface area contributed by atoms with E-state index in [9.17, 15) is 78.3 Å². The minimum absolute atomic E-state index is 0.0268. The molecule has 2 aromatic rings. The summed E-state index contributed by atoms with van der Waals surface area (Å²) < 4.78 is 0.849. The summed E-state index contributed by atoms with van der Waals surface area (Å²) >= 11 is 3.41. The third-order valence-corrected chi connectivity index (χ3v) is 14.0. The summed E-state index contributed by atoms with van der Waals surface area (Å²) in [5.74, 6) is -7.98. The van der Waals surface area contributed by atoms with Gasteiger partial charge in [0.25, 0.3) is 5.91 Å². The topological polar surface area (TPSA) is 386 Å². The van der Waals surface area contributed by atoms with E-state index in [1.165, 1.54) is 0 Å². The lowest BCUT2D eigenvalue weighted by Crippen LogP contribution is -2.51. The number of halogens is 1. The molecular formula is C55H81BrN10O17. The fraction of sp³-hybridized carbons (Fsp3) is 0.582. The maximum absolute atomic E-state index is 13.8. The van der Waals surface area contributed by atoms with Crippen LogP contribution in [0.1, 0.15) is 105 Å². The molecule has 1 saturated heterocycles. The van der Waals surface area contributed by atoms with Crippen molar-refractivity contribution < 1.29 is 83.4 Å². The van der Waals surface area contributed by atoms with Gasteiger partial charge < -0.3 is 62.1 Å². The van der Waals surface area contributed by atoms with Gasteiger partial charge in [0.15, 0.2) is 0 Å². The van der Waals surface area contributed by atoms with E-state index >= 15 is 0 Å². The molecule has 0 saturated carbocycles. The van der Waals surface area contributed by atoms with Crippen LogP contribution in [0, 0.1) is 0 Å². The minimum Gasteiger partial charge on any atom is -0.481 e. The quantitative estimate of drug-likeness (QED) is 0.0430. The van der Waals surface area contributed by atoms with Crippen LogP contribution in [0.5, 0.6) is 0 Å². The van der Waals surface area contributed by atoms with Crippen molar-refractivity contribution in [2.75, 3.05) is 98.2 Å². The number of urea groups is 1. The Morgan fingerprint density at radius 1 is 0.458 bits per heavy atom. The molecule has 0 aromatic heterocycles. The van der Waals surface area contributed by atoms with Gasteiger partial charge in [0, 0.05) is 114 Å². The second kappa shape index (κ2) is 39.3. The Kier molecular flexibility index (Phi) is 33.1. The van der Waals surface area contributed by atoms with Crippen LogP contribution in [-0.4, -0.2) is 231 Å². The van der Waals surface area contributed by atoms with E-state index < -0.39 is 66.8 Å². The highest BCUT2D eigenvalue weighted by Gasteiger charge is 2.26. The Bertz CT molecular complexity index is 2410. The maximum Gasteiger partial charge on any atom is 0.326 e. The number of nitrogens with one attached hydrogen (secondary N) is 5. The number of hydrogen-bond acceptors (Lipinski definition) is 15. The zero-order valence-electron chi connectivity index (χ0n) is 46.8. The summed E-state index contributed by atoms with van der Waals surface area (Å²) in [5.41, 5.74) is 1.98. The first kappa shape index (κ1) is 70.0. The molecule has 1 fully saturated rings. The highest BCUT2D eigenvalue weighted by atomic mass is 79.9. The number of benzene rings is 2. The van der Waals surface area contributed by atoms with Gasteiger partial charge in [-0.25, -0.2) is 14.4 Å². The average Bonchev–Trinajstić information content (AvgIpc) is 3.42. The van der Waals surface area contributed by atoms with Crippen molar-refractivity contribution in [2.45, 2.75) is 109 Å². The van der Waals surface area contributed by atoms with Crippen molar-refractivity contribution in [2.24, 2.45) is 0 Å². The molecule has 0 radical (unpaired) electrons. The van der Waals surface area contributed by atoms with Crippen molar-refractivity contribution in [3.05, 3.63) is 69.7 Å². The number of hydrogen-bond donors (Lipinski definition) is 11. The van der Waals surface area contributed by atoms with Gasteiger partial charge in [0.2, 0.25) is 17.7 Å². The molecule has 0 spiro atoms. The zero-order chi connectivity index (χ0) is 61.1. The lowest BCUT2D eigenvalue weighted by atomic mass is 10.1.